The van der Waals surface area contributed by atoms with Gasteiger partial charge in [-0.15, -0.1) is 0 Å². The van der Waals surface area contributed by atoms with Gasteiger partial charge in [-0.2, -0.15) is 0 Å². The summed E-state index contributed by atoms with van der Waals surface area (Å²) in [6.45, 7) is 0. The zero-order valence-corrected chi connectivity index (χ0v) is 16.2. The maximum atomic E-state index is 11.3. The zero-order chi connectivity index (χ0) is 17.4. The molecule has 2 aromatic rings. The lowest BCUT2D eigenvalue weighted by molar-refractivity contribution is -0.109. The SMILES string of the molecule is O=CC(C/C=C/CC(C=O)c1ccc(Br)cc1)c1ccc(Br)cc1. The highest BCUT2D eigenvalue weighted by Gasteiger charge is 2.10. The van der Waals surface area contributed by atoms with Crippen molar-refractivity contribution in [2.24, 2.45) is 0 Å². The first kappa shape index (κ1) is 18.8. The van der Waals surface area contributed by atoms with Crippen LogP contribution >= 0.6 is 31.9 Å². The van der Waals surface area contributed by atoms with Gasteiger partial charge in [0, 0.05) is 20.8 Å². The Morgan fingerprint density at radius 2 is 1.00 bits per heavy atom. The molecule has 2 rings (SSSR count). The Morgan fingerprint density at radius 1 is 0.667 bits per heavy atom. The minimum absolute atomic E-state index is 0.156. The molecule has 0 heterocycles. The highest BCUT2D eigenvalue weighted by molar-refractivity contribution is 9.10. The van der Waals surface area contributed by atoms with Crippen molar-refractivity contribution in [1.29, 1.82) is 0 Å². The van der Waals surface area contributed by atoms with E-state index in [2.05, 4.69) is 31.9 Å². The van der Waals surface area contributed by atoms with Crippen LogP contribution in [-0.4, -0.2) is 12.6 Å². The Balaban J connectivity index is 1.94. The normalized spacial score (nSPS) is 13.6. The second kappa shape index (κ2) is 9.70. The maximum Gasteiger partial charge on any atom is 0.127 e. The molecule has 0 aliphatic carbocycles. The third kappa shape index (κ3) is 5.53. The molecule has 124 valence electrons. The van der Waals surface area contributed by atoms with Gasteiger partial charge in [-0.1, -0.05) is 68.3 Å². The lowest BCUT2D eigenvalue weighted by atomic mass is 9.95. The first-order valence-corrected chi connectivity index (χ1v) is 9.29. The van der Waals surface area contributed by atoms with Crippen LogP contribution in [0.15, 0.2) is 69.6 Å². The van der Waals surface area contributed by atoms with Gasteiger partial charge in [0.1, 0.15) is 12.6 Å². The third-order valence-electron chi connectivity index (χ3n) is 3.87. The fraction of sp³-hybridized carbons (Fsp3) is 0.200. The van der Waals surface area contributed by atoms with Gasteiger partial charge < -0.3 is 9.59 Å². The largest absolute Gasteiger partial charge is 0.303 e. The van der Waals surface area contributed by atoms with Gasteiger partial charge in [0.25, 0.3) is 0 Å². The van der Waals surface area contributed by atoms with Crippen LogP contribution < -0.4 is 0 Å². The van der Waals surface area contributed by atoms with Crippen molar-refractivity contribution in [3.8, 4) is 0 Å². The minimum atomic E-state index is -0.156. The van der Waals surface area contributed by atoms with Gasteiger partial charge >= 0.3 is 0 Å². The number of halogens is 2. The fourth-order valence-corrected chi connectivity index (χ4v) is 2.97. The lowest BCUT2D eigenvalue weighted by Gasteiger charge is -2.09. The molecule has 4 heteroatoms. The summed E-state index contributed by atoms with van der Waals surface area (Å²) in [6.07, 6.45) is 7.18. The maximum absolute atomic E-state index is 11.3. The van der Waals surface area contributed by atoms with E-state index in [4.69, 9.17) is 0 Å². The summed E-state index contributed by atoms with van der Waals surface area (Å²) in [5.74, 6) is -0.312. The molecule has 0 N–H and O–H groups in total. The number of aldehydes is 2. The van der Waals surface area contributed by atoms with E-state index in [9.17, 15) is 9.59 Å². The molecule has 0 fully saturated rings. The van der Waals surface area contributed by atoms with Crippen LogP contribution in [-0.2, 0) is 9.59 Å². The van der Waals surface area contributed by atoms with Crippen molar-refractivity contribution < 1.29 is 9.59 Å². The molecule has 0 aliphatic rings. The molecule has 0 aromatic heterocycles. The summed E-state index contributed by atoms with van der Waals surface area (Å²) < 4.78 is 1.99. The van der Waals surface area contributed by atoms with Crippen molar-refractivity contribution in [3.05, 3.63) is 80.8 Å². The Hall–Kier alpha value is -1.52. The number of benzene rings is 2. The summed E-state index contributed by atoms with van der Waals surface area (Å²) >= 11 is 6.78. The molecule has 2 atom stereocenters. The smallest absolute Gasteiger partial charge is 0.127 e. The highest BCUT2D eigenvalue weighted by atomic mass is 79.9. The molecule has 2 unspecified atom stereocenters. The number of carbonyl (C=O) groups is 2. The monoisotopic (exact) mass is 448 g/mol. The first-order valence-electron chi connectivity index (χ1n) is 7.70. The Morgan fingerprint density at radius 3 is 1.29 bits per heavy atom. The number of allylic oxidation sites excluding steroid dienone is 2. The average Bonchev–Trinajstić information content (AvgIpc) is 2.60. The molecule has 24 heavy (non-hydrogen) atoms. The van der Waals surface area contributed by atoms with E-state index in [-0.39, 0.29) is 11.8 Å². The van der Waals surface area contributed by atoms with Crippen molar-refractivity contribution in [2.45, 2.75) is 24.7 Å². The first-order chi connectivity index (χ1) is 11.6. The van der Waals surface area contributed by atoms with E-state index in [1.807, 2.05) is 60.7 Å². The zero-order valence-electron chi connectivity index (χ0n) is 13.1. The van der Waals surface area contributed by atoms with E-state index in [0.717, 1.165) is 32.6 Å². The molecule has 2 aromatic carbocycles. The molecule has 0 bridgehead atoms. The van der Waals surface area contributed by atoms with Crippen molar-refractivity contribution in [3.63, 3.8) is 0 Å². The molecule has 0 saturated carbocycles. The van der Waals surface area contributed by atoms with Crippen LogP contribution in [0.25, 0.3) is 0 Å². The molecule has 0 aliphatic heterocycles. The summed E-state index contributed by atoms with van der Waals surface area (Å²) in [7, 11) is 0. The molecular weight excluding hydrogens is 432 g/mol. The standard InChI is InChI=1S/C20H18Br2O2/c21-19-9-5-15(6-10-19)17(13-23)3-1-2-4-18(14-24)16-7-11-20(22)12-8-16/h1-2,5-14,17-18H,3-4H2/b2-1+. The van der Waals surface area contributed by atoms with Crippen LogP contribution in [0.1, 0.15) is 35.8 Å². The Bertz CT molecular complexity index is 629. The number of carbonyl (C=O) groups excluding carboxylic acids is 2. The van der Waals surface area contributed by atoms with Crippen molar-refractivity contribution in [1.82, 2.24) is 0 Å². The lowest BCUT2D eigenvalue weighted by Crippen LogP contribution is -2.00. The van der Waals surface area contributed by atoms with E-state index in [1.165, 1.54) is 0 Å². The van der Waals surface area contributed by atoms with Crippen LogP contribution in [0.4, 0.5) is 0 Å². The summed E-state index contributed by atoms with van der Waals surface area (Å²) in [6, 6.07) is 15.5. The van der Waals surface area contributed by atoms with Crippen molar-refractivity contribution >= 4 is 44.4 Å². The Labute approximate surface area is 159 Å². The molecule has 0 saturated heterocycles. The second-order valence-electron chi connectivity index (χ2n) is 5.53. The predicted molar refractivity (Wildman–Crippen MR) is 104 cm³/mol. The van der Waals surface area contributed by atoms with Crippen LogP contribution in [0.3, 0.4) is 0 Å². The molecular formula is C20H18Br2O2. The summed E-state index contributed by atoms with van der Waals surface area (Å²) in [5.41, 5.74) is 2.00. The third-order valence-corrected chi connectivity index (χ3v) is 4.93. The average molecular weight is 450 g/mol. The van der Waals surface area contributed by atoms with Gasteiger partial charge in [-0.3, -0.25) is 0 Å². The molecule has 2 nitrogen and oxygen atoms in total. The van der Waals surface area contributed by atoms with E-state index in [1.54, 1.807) is 0 Å². The van der Waals surface area contributed by atoms with Gasteiger partial charge in [-0.25, -0.2) is 0 Å². The van der Waals surface area contributed by atoms with Crippen molar-refractivity contribution in [2.75, 3.05) is 0 Å². The summed E-state index contributed by atoms with van der Waals surface area (Å²) in [4.78, 5) is 22.6. The van der Waals surface area contributed by atoms with Crippen LogP contribution in [0, 0.1) is 0 Å². The van der Waals surface area contributed by atoms with Crippen LogP contribution in [0.5, 0.6) is 0 Å². The van der Waals surface area contributed by atoms with E-state index >= 15 is 0 Å². The molecule has 0 spiro atoms. The number of hydrogen-bond donors (Lipinski definition) is 0. The van der Waals surface area contributed by atoms with Gasteiger partial charge in [0.2, 0.25) is 0 Å². The van der Waals surface area contributed by atoms with E-state index < -0.39 is 0 Å². The summed E-state index contributed by atoms with van der Waals surface area (Å²) in [5, 5.41) is 0. The molecule has 0 radical (unpaired) electrons. The number of hydrogen-bond acceptors (Lipinski definition) is 2. The van der Waals surface area contributed by atoms with Crippen LogP contribution in [0.2, 0.25) is 0 Å². The number of rotatable bonds is 8. The van der Waals surface area contributed by atoms with Gasteiger partial charge in [-0.05, 0) is 48.2 Å². The van der Waals surface area contributed by atoms with Gasteiger partial charge in [0.15, 0.2) is 0 Å². The topological polar surface area (TPSA) is 34.1 Å². The van der Waals surface area contributed by atoms with E-state index in [0.29, 0.717) is 12.8 Å². The Kier molecular flexibility index (Phi) is 7.60. The fourth-order valence-electron chi connectivity index (χ4n) is 2.45. The minimum Gasteiger partial charge on any atom is -0.303 e. The second-order valence-corrected chi connectivity index (χ2v) is 7.36. The molecule has 0 amide bonds. The quantitative estimate of drug-likeness (QED) is 0.376. The predicted octanol–water partition coefficient (Wildman–Crippen LogP) is 5.81. The van der Waals surface area contributed by atoms with Gasteiger partial charge in [0.05, 0.1) is 0 Å². The highest BCUT2D eigenvalue weighted by Crippen LogP contribution is 2.23.